The molecule has 4 rings (SSSR count). The number of rotatable bonds is 5. The summed E-state index contributed by atoms with van der Waals surface area (Å²) in [6.07, 6.45) is 1.43. The zero-order chi connectivity index (χ0) is 20.5. The molecular weight excluding hydrogens is 392 g/mol. The van der Waals surface area contributed by atoms with E-state index >= 15 is 0 Å². The van der Waals surface area contributed by atoms with Gasteiger partial charge in [0.15, 0.2) is 5.76 Å². The van der Waals surface area contributed by atoms with Crippen LogP contribution in [0.5, 0.6) is 0 Å². The first-order valence-corrected chi connectivity index (χ1v) is 9.29. The second-order valence-electron chi connectivity index (χ2n) is 6.71. The van der Waals surface area contributed by atoms with Gasteiger partial charge in [-0.2, -0.15) is 0 Å². The van der Waals surface area contributed by atoms with E-state index in [4.69, 9.17) is 16.0 Å². The van der Waals surface area contributed by atoms with Crippen molar-refractivity contribution in [3.05, 3.63) is 86.1 Å². The van der Waals surface area contributed by atoms with Crippen molar-refractivity contribution in [1.82, 2.24) is 9.55 Å². The van der Waals surface area contributed by atoms with Gasteiger partial charge in [-0.05, 0) is 54.8 Å². The molecule has 0 N–H and O–H groups in total. The summed E-state index contributed by atoms with van der Waals surface area (Å²) in [4.78, 5) is 19.3. The summed E-state index contributed by atoms with van der Waals surface area (Å²) in [6.45, 7) is 4.57. The highest BCUT2D eigenvalue weighted by Gasteiger charge is 2.14. The lowest BCUT2D eigenvalue weighted by molar-refractivity contribution is -0.402. The standard InChI is InChI=1S/C21H17ClN4O3/c1-13-9-18-19(10-14(13)2)25(12-15-5-3-4-6-17(15)22)21(24-18)23-11-16-7-8-20(29-16)26(27)28/h3-11H,12H2,1-2H3/b23-11+. The van der Waals surface area contributed by atoms with Crippen LogP contribution < -0.4 is 0 Å². The number of aryl methyl sites for hydroxylation is 2. The lowest BCUT2D eigenvalue weighted by atomic mass is 10.1. The van der Waals surface area contributed by atoms with Crippen LogP contribution in [0.25, 0.3) is 11.0 Å². The summed E-state index contributed by atoms with van der Waals surface area (Å²) in [5.74, 6) is 0.409. The van der Waals surface area contributed by atoms with Gasteiger partial charge in [-0.1, -0.05) is 29.8 Å². The third-order valence-electron chi connectivity index (χ3n) is 4.73. The molecule has 29 heavy (non-hydrogen) atoms. The second-order valence-corrected chi connectivity index (χ2v) is 7.11. The van der Waals surface area contributed by atoms with Crippen molar-refractivity contribution in [2.24, 2.45) is 4.99 Å². The Morgan fingerprint density at radius 3 is 2.69 bits per heavy atom. The number of furan rings is 1. The highest BCUT2D eigenvalue weighted by molar-refractivity contribution is 6.31. The van der Waals surface area contributed by atoms with Gasteiger partial charge in [-0.15, -0.1) is 0 Å². The van der Waals surface area contributed by atoms with Crippen LogP contribution >= 0.6 is 11.6 Å². The fourth-order valence-corrected chi connectivity index (χ4v) is 3.25. The number of hydrogen-bond acceptors (Lipinski definition) is 5. The Morgan fingerprint density at radius 2 is 1.97 bits per heavy atom. The molecule has 8 heteroatoms. The minimum absolute atomic E-state index is 0.278. The van der Waals surface area contributed by atoms with Crippen LogP contribution in [0, 0.1) is 24.0 Å². The van der Waals surface area contributed by atoms with Crippen LogP contribution in [0.4, 0.5) is 11.8 Å². The van der Waals surface area contributed by atoms with E-state index in [0.29, 0.717) is 17.5 Å². The van der Waals surface area contributed by atoms with E-state index in [2.05, 4.69) is 16.0 Å². The van der Waals surface area contributed by atoms with Crippen molar-refractivity contribution in [1.29, 1.82) is 0 Å². The van der Waals surface area contributed by atoms with E-state index in [9.17, 15) is 10.1 Å². The molecule has 146 valence electrons. The van der Waals surface area contributed by atoms with Gasteiger partial charge in [0.05, 0.1) is 29.9 Å². The first kappa shape index (κ1) is 18.9. The predicted octanol–water partition coefficient (Wildman–Crippen LogP) is 5.61. The zero-order valence-corrected chi connectivity index (χ0v) is 16.6. The Balaban J connectivity index is 1.80. The average Bonchev–Trinajstić information content (AvgIpc) is 3.28. The summed E-state index contributed by atoms with van der Waals surface area (Å²) in [7, 11) is 0. The number of nitrogens with zero attached hydrogens (tertiary/aromatic N) is 4. The number of benzene rings is 2. The Morgan fingerprint density at radius 1 is 1.21 bits per heavy atom. The van der Waals surface area contributed by atoms with E-state index in [1.165, 1.54) is 18.3 Å². The monoisotopic (exact) mass is 408 g/mol. The highest BCUT2D eigenvalue weighted by Crippen LogP contribution is 2.28. The van der Waals surface area contributed by atoms with Crippen LogP contribution in [-0.4, -0.2) is 20.7 Å². The molecule has 0 atom stereocenters. The normalized spacial score (nSPS) is 11.6. The molecule has 2 aromatic carbocycles. The summed E-state index contributed by atoms with van der Waals surface area (Å²) in [6, 6.07) is 14.5. The molecule has 0 saturated heterocycles. The molecule has 0 fully saturated rings. The molecule has 0 aliphatic heterocycles. The van der Waals surface area contributed by atoms with Gasteiger partial charge in [0.1, 0.15) is 4.92 Å². The van der Waals surface area contributed by atoms with Crippen molar-refractivity contribution < 1.29 is 9.34 Å². The third-order valence-corrected chi connectivity index (χ3v) is 5.10. The number of aromatic nitrogens is 2. The molecule has 0 amide bonds. The summed E-state index contributed by atoms with van der Waals surface area (Å²) >= 11 is 6.36. The van der Waals surface area contributed by atoms with Crippen molar-refractivity contribution in [3.8, 4) is 0 Å². The van der Waals surface area contributed by atoms with Gasteiger partial charge >= 0.3 is 5.88 Å². The maximum atomic E-state index is 10.8. The second kappa shape index (κ2) is 7.52. The third kappa shape index (κ3) is 3.77. The van der Waals surface area contributed by atoms with E-state index < -0.39 is 4.92 Å². The molecule has 0 spiro atoms. The molecule has 7 nitrogen and oxygen atoms in total. The van der Waals surface area contributed by atoms with Gasteiger partial charge in [0.2, 0.25) is 5.95 Å². The smallest absolute Gasteiger partial charge is 0.400 e. The molecule has 0 radical (unpaired) electrons. The summed E-state index contributed by atoms with van der Waals surface area (Å²) in [5, 5.41) is 11.5. The number of imidazole rings is 1. The van der Waals surface area contributed by atoms with Crippen LogP contribution in [-0.2, 0) is 6.54 Å². The molecule has 0 bridgehead atoms. The van der Waals surface area contributed by atoms with E-state index in [-0.39, 0.29) is 11.6 Å². The van der Waals surface area contributed by atoms with Crippen molar-refractivity contribution >= 4 is 40.7 Å². The molecule has 0 aliphatic carbocycles. The highest BCUT2D eigenvalue weighted by atomic mass is 35.5. The van der Waals surface area contributed by atoms with Gasteiger partial charge < -0.3 is 8.98 Å². The predicted molar refractivity (Wildman–Crippen MR) is 112 cm³/mol. The number of aliphatic imine (C=N–C) groups is 1. The maximum Gasteiger partial charge on any atom is 0.433 e. The molecule has 2 heterocycles. The maximum absolute atomic E-state index is 10.8. The van der Waals surface area contributed by atoms with Crippen molar-refractivity contribution in [2.75, 3.05) is 0 Å². The molecule has 0 aliphatic rings. The van der Waals surface area contributed by atoms with E-state index in [1.807, 2.05) is 48.7 Å². The zero-order valence-electron chi connectivity index (χ0n) is 15.8. The van der Waals surface area contributed by atoms with E-state index in [1.54, 1.807) is 0 Å². The molecular formula is C21H17ClN4O3. The molecule has 4 aromatic rings. The SMILES string of the molecule is Cc1cc2nc(/N=C/c3ccc([N+](=O)[O-])o3)n(Cc3ccccc3Cl)c2cc1C. The Hall–Kier alpha value is -3.45. The Labute approximate surface area is 171 Å². The fourth-order valence-electron chi connectivity index (χ4n) is 3.05. The largest absolute Gasteiger partial charge is 0.433 e. The summed E-state index contributed by atoms with van der Waals surface area (Å²) in [5.41, 5.74) is 4.98. The fraction of sp³-hybridized carbons (Fsp3) is 0.143. The molecule has 0 unspecified atom stereocenters. The number of nitro groups is 1. The molecule has 0 saturated carbocycles. The lowest BCUT2D eigenvalue weighted by Gasteiger charge is -2.09. The van der Waals surface area contributed by atoms with Gasteiger partial charge in [0.25, 0.3) is 0 Å². The Kier molecular flexibility index (Phi) is 4.90. The van der Waals surface area contributed by atoms with Gasteiger partial charge in [-0.3, -0.25) is 10.1 Å². The average molecular weight is 409 g/mol. The number of halogens is 1. The quantitative estimate of drug-likeness (QED) is 0.244. The van der Waals surface area contributed by atoms with Gasteiger partial charge in [-0.25, -0.2) is 9.98 Å². The first-order valence-electron chi connectivity index (χ1n) is 8.91. The molecule has 2 aromatic heterocycles. The lowest BCUT2D eigenvalue weighted by Crippen LogP contribution is -2.00. The minimum atomic E-state index is -0.588. The van der Waals surface area contributed by atoms with E-state index in [0.717, 1.165) is 27.7 Å². The number of hydrogen-bond donors (Lipinski definition) is 0. The summed E-state index contributed by atoms with van der Waals surface area (Å²) < 4.78 is 7.12. The van der Waals surface area contributed by atoms with Crippen LogP contribution in [0.1, 0.15) is 22.5 Å². The first-order chi connectivity index (χ1) is 13.9. The van der Waals surface area contributed by atoms with Crippen molar-refractivity contribution in [2.45, 2.75) is 20.4 Å². The Bertz CT molecular complexity index is 1260. The van der Waals surface area contributed by atoms with Crippen LogP contribution in [0.15, 0.2) is 57.9 Å². The minimum Gasteiger partial charge on any atom is -0.400 e. The van der Waals surface area contributed by atoms with Crippen LogP contribution in [0.3, 0.4) is 0 Å². The van der Waals surface area contributed by atoms with Crippen molar-refractivity contribution in [3.63, 3.8) is 0 Å². The van der Waals surface area contributed by atoms with Gasteiger partial charge in [0, 0.05) is 5.02 Å². The van der Waals surface area contributed by atoms with Crippen LogP contribution in [0.2, 0.25) is 5.02 Å². The topological polar surface area (TPSA) is 86.5 Å². The number of fused-ring (bicyclic) bond motifs is 1.